The summed E-state index contributed by atoms with van der Waals surface area (Å²) in [5.74, 6) is 0.741. The average Bonchev–Trinajstić information content (AvgIpc) is 3.09. The van der Waals surface area contributed by atoms with Crippen molar-refractivity contribution in [3.8, 4) is 16.3 Å². The Labute approximate surface area is 169 Å². The number of pyridine rings is 1. The number of hydrogen-bond donors (Lipinski definition) is 1. The molecule has 1 amide bonds. The van der Waals surface area contributed by atoms with E-state index in [1.807, 2.05) is 50.2 Å². The molecule has 0 radical (unpaired) electrons. The van der Waals surface area contributed by atoms with Crippen molar-refractivity contribution in [2.45, 2.75) is 33.1 Å². The first-order valence-electron chi connectivity index (χ1n) is 9.30. The van der Waals surface area contributed by atoms with E-state index in [0.717, 1.165) is 27.6 Å². The van der Waals surface area contributed by atoms with Crippen LogP contribution >= 0.6 is 11.3 Å². The van der Waals surface area contributed by atoms with Crippen LogP contribution in [0, 0.1) is 6.92 Å². The molecule has 3 aromatic rings. The summed E-state index contributed by atoms with van der Waals surface area (Å²) in [5, 5.41) is 3.89. The molecule has 2 aromatic heterocycles. The predicted octanol–water partition coefficient (Wildman–Crippen LogP) is 4.62. The van der Waals surface area contributed by atoms with Crippen LogP contribution in [0.15, 0.2) is 48.8 Å². The van der Waals surface area contributed by atoms with E-state index in [-0.39, 0.29) is 11.3 Å². The molecule has 0 bridgehead atoms. The van der Waals surface area contributed by atoms with Gasteiger partial charge >= 0.3 is 0 Å². The monoisotopic (exact) mass is 395 g/mol. The molecule has 0 atom stereocenters. The fraction of sp³-hybridized carbons (Fsp3) is 0.318. The van der Waals surface area contributed by atoms with Gasteiger partial charge in [0.25, 0.3) is 5.91 Å². The molecule has 1 aromatic carbocycles. The molecule has 0 spiro atoms. The Morgan fingerprint density at radius 3 is 2.46 bits per heavy atom. The second kappa shape index (κ2) is 8.52. The van der Waals surface area contributed by atoms with Gasteiger partial charge in [0, 0.05) is 29.9 Å². The molecule has 0 saturated carbocycles. The standard InChI is InChI=1S/C22H25N3O2S/c1-5-27-18-8-6-16(7-9-18)21-25-15(2)19(28-21)20(26)24-14-22(3,4)17-10-12-23-13-11-17/h6-13H,5,14H2,1-4H3,(H,24,26). The number of hydrogen-bond acceptors (Lipinski definition) is 5. The molecule has 6 heteroatoms. The van der Waals surface area contributed by atoms with Crippen molar-refractivity contribution in [3.63, 3.8) is 0 Å². The summed E-state index contributed by atoms with van der Waals surface area (Å²) in [7, 11) is 0. The number of rotatable bonds is 7. The van der Waals surface area contributed by atoms with Gasteiger partial charge in [-0.15, -0.1) is 11.3 Å². The van der Waals surface area contributed by atoms with Crippen LogP contribution in [0.25, 0.3) is 10.6 Å². The third kappa shape index (κ3) is 4.57. The van der Waals surface area contributed by atoms with Crippen molar-refractivity contribution in [2.75, 3.05) is 13.2 Å². The molecule has 1 N–H and O–H groups in total. The number of thiazole rings is 1. The van der Waals surface area contributed by atoms with E-state index in [1.54, 1.807) is 12.4 Å². The highest BCUT2D eigenvalue weighted by Gasteiger charge is 2.23. The Balaban J connectivity index is 1.71. The smallest absolute Gasteiger partial charge is 0.263 e. The van der Waals surface area contributed by atoms with Crippen molar-refractivity contribution in [1.82, 2.24) is 15.3 Å². The molecular formula is C22H25N3O2S. The van der Waals surface area contributed by atoms with Gasteiger partial charge in [-0.25, -0.2) is 4.98 Å². The van der Waals surface area contributed by atoms with Crippen molar-refractivity contribution < 1.29 is 9.53 Å². The first-order chi connectivity index (χ1) is 13.4. The Hall–Kier alpha value is -2.73. The third-order valence-electron chi connectivity index (χ3n) is 4.57. The quantitative estimate of drug-likeness (QED) is 0.634. The fourth-order valence-corrected chi connectivity index (χ4v) is 3.87. The van der Waals surface area contributed by atoms with Crippen LogP contribution < -0.4 is 10.1 Å². The Morgan fingerprint density at radius 2 is 1.82 bits per heavy atom. The van der Waals surface area contributed by atoms with Crippen LogP contribution in [0.3, 0.4) is 0 Å². The number of nitrogens with one attached hydrogen (secondary N) is 1. The van der Waals surface area contributed by atoms with Crippen molar-refractivity contribution >= 4 is 17.2 Å². The predicted molar refractivity (Wildman–Crippen MR) is 113 cm³/mol. The van der Waals surface area contributed by atoms with Crippen LogP contribution in [-0.2, 0) is 5.41 Å². The Bertz CT molecular complexity index is 934. The minimum atomic E-state index is -0.185. The largest absolute Gasteiger partial charge is 0.494 e. The van der Waals surface area contributed by atoms with Gasteiger partial charge in [0.05, 0.1) is 12.3 Å². The maximum atomic E-state index is 12.8. The highest BCUT2D eigenvalue weighted by molar-refractivity contribution is 7.17. The van der Waals surface area contributed by atoms with Crippen molar-refractivity contribution in [3.05, 3.63) is 64.9 Å². The Morgan fingerprint density at radius 1 is 1.14 bits per heavy atom. The van der Waals surface area contributed by atoms with E-state index in [2.05, 4.69) is 29.1 Å². The van der Waals surface area contributed by atoms with Gasteiger partial charge in [0.2, 0.25) is 0 Å². The number of ether oxygens (including phenoxy) is 1. The molecular weight excluding hydrogens is 370 g/mol. The molecule has 0 aliphatic carbocycles. The number of aryl methyl sites for hydroxylation is 1. The first-order valence-corrected chi connectivity index (χ1v) is 10.1. The van der Waals surface area contributed by atoms with E-state index in [4.69, 9.17) is 4.74 Å². The zero-order valence-corrected chi connectivity index (χ0v) is 17.5. The summed E-state index contributed by atoms with van der Waals surface area (Å²) in [6, 6.07) is 11.7. The molecule has 0 unspecified atom stereocenters. The highest BCUT2D eigenvalue weighted by Crippen LogP contribution is 2.29. The van der Waals surface area contributed by atoms with E-state index < -0.39 is 0 Å². The van der Waals surface area contributed by atoms with Gasteiger partial charge in [-0.3, -0.25) is 9.78 Å². The van der Waals surface area contributed by atoms with E-state index >= 15 is 0 Å². The fourth-order valence-electron chi connectivity index (χ4n) is 2.88. The van der Waals surface area contributed by atoms with Crippen LogP contribution in [0.5, 0.6) is 5.75 Å². The van der Waals surface area contributed by atoms with Gasteiger partial charge < -0.3 is 10.1 Å². The lowest BCUT2D eigenvalue weighted by Crippen LogP contribution is -2.36. The number of carbonyl (C=O) groups is 1. The number of aromatic nitrogens is 2. The Kier molecular flexibility index (Phi) is 6.09. The maximum Gasteiger partial charge on any atom is 0.263 e. The topological polar surface area (TPSA) is 64.1 Å². The molecule has 3 rings (SSSR count). The third-order valence-corrected chi connectivity index (χ3v) is 5.77. The van der Waals surface area contributed by atoms with Crippen LogP contribution in [-0.4, -0.2) is 29.0 Å². The zero-order valence-electron chi connectivity index (χ0n) is 16.7. The maximum absolute atomic E-state index is 12.8. The molecule has 0 fully saturated rings. The molecule has 0 saturated heterocycles. The number of amides is 1. The summed E-state index contributed by atoms with van der Waals surface area (Å²) >= 11 is 1.41. The molecule has 0 aliphatic heterocycles. The van der Waals surface area contributed by atoms with Crippen LogP contribution in [0.4, 0.5) is 0 Å². The van der Waals surface area contributed by atoms with E-state index in [0.29, 0.717) is 18.0 Å². The van der Waals surface area contributed by atoms with Gasteiger partial charge in [-0.2, -0.15) is 0 Å². The van der Waals surface area contributed by atoms with Gasteiger partial charge in [-0.1, -0.05) is 13.8 Å². The minimum absolute atomic E-state index is 0.0886. The summed E-state index contributed by atoms with van der Waals surface area (Å²) in [4.78, 5) is 22.0. The molecule has 0 aliphatic rings. The minimum Gasteiger partial charge on any atom is -0.494 e. The lowest BCUT2D eigenvalue weighted by Gasteiger charge is -2.25. The highest BCUT2D eigenvalue weighted by atomic mass is 32.1. The van der Waals surface area contributed by atoms with Gasteiger partial charge in [0.15, 0.2) is 0 Å². The summed E-state index contributed by atoms with van der Waals surface area (Å²) in [6.45, 7) is 9.21. The SMILES string of the molecule is CCOc1ccc(-c2nc(C)c(C(=O)NCC(C)(C)c3ccncc3)s2)cc1. The van der Waals surface area contributed by atoms with Crippen molar-refractivity contribution in [1.29, 1.82) is 0 Å². The summed E-state index contributed by atoms with van der Waals surface area (Å²) in [5.41, 5.74) is 2.68. The summed E-state index contributed by atoms with van der Waals surface area (Å²) in [6.07, 6.45) is 3.55. The second-order valence-electron chi connectivity index (χ2n) is 7.19. The average molecular weight is 396 g/mol. The summed E-state index contributed by atoms with van der Waals surface area (Å²) < 4.78 is 5.48. The van der Waals surface area contributed by atoms with Gasteiger partial charge in [0.1, 0.15) is 15.6 Å². The molecule has 5 nitrogen and oxygen atoms in total. The van der Waals surface area contributed by atoms with Crippen LogP contribution in [0.2, 0.25) is 0 Å². The van der Waals surface area contributed by atoms with Crippen molar-refractivity contribution in [2.24, 2.45) is 0 Å². The van der Waals surface area contributed by atoms with E-state index in [1.165, 1.54) is 11.3 Å². The lowest BCUT2D eigenvalue weighted by atomic mass is 9.85. The zero-order chi connectivity index (χ0) is 20.1. The number of carbonyl (C=O) groups excluding carboxylic acids is 1. The molecule has 28 heavy (non-hydrogen) atoms. The number of nitrogens with zero attached hydrogens (tertiary/aromatic N) is 2. The van der Waals surface area contributed by atoms with Gasteiger partial charge in [-0.05, 0) is 55.8 Å². The second-order valence-corrected chi connectivity index (χ2v) is 8.19. The van der Waals surface area contributed by atoms with E-state index in [9.17, 15) is 4.79 Å². The number of benzene rings is 1. The first kappa shape index (κ1) is 20.0. The lowest BCUT2D eigenvalue weighted by molar-refractivity contribution is 0.0949. The molecule has 2 heterocycles. The molecule has 146 valence electrons. The normalized spacial score (nSPS) is 11.3. The van der Waals surface area contributed by atoms with Crippen LogP contribution in [0.1, 0.15) is 41.7 Å².